The summed E-state index contributed by atoms with van der Waals surface area (Å²) >= 11 is 0. The second kappa shape index (κ2) is 3.82. The first-order valence-electron chi connectivity index (χ1n) is 6.18. The highest BCUT2D eigenvalue weighted by atomic mass is 15.0. The summed E-state index contributed by atoms with van der Waals surface area (Å²) in [7, 11) is 2.11. The van der Waals surface area contributed by atoms with Crippen molar-refractivity contribution in [2.75, 3.05) is 13.6 Å². The Morgan fingerprint density at radius 3 is 2.21 bits per heavy atom. The number of nitrogens with two attached hydrogens (primary N) is 1. The van der Waals surface area contributed by atoms with Gasteiger partial charge < -0.3 is 11.1 Å². The molecular weight excluding hydrogens is 172 g/mol. The lowest BCUT2D eigenvalue weighted by Gasteiger charge is -2.48. The standard InChI is InChI=1S/C12H24N2/c1-14-12(10-13)9-5-8-11(12)6-3-2-4-7-11/h14H,2-10,13H2,1H3. The summed E-state index contributed by atoms with van der Waals surface area (Å²) < 4.78 is 0. The summed E-state index contributed by atoms with van der Waals surface area (Å²) in [5.41, 5.74) is 6.84. The van der Waals surface area contributed by atoms with E-state index in [9.17, 15) is 0 Å². The van der Waals surface area contributed by atoms with Crippen molar-refractivity contribution in [3.63, 3.8) is 0 Å². The number of likely N-dealkylation sites (N-methyl/N-ethyl adjacent to an activating group) is 1. The molecule has 0 aromatic heterocycles. The summed E-state index contributed by atoms with van der Waals surface area (Å²) in [6.07, 6.45) is 11.2. The quantitative estimate of drug-likeness (QED) is 0.709. The fourth-order valence-corrected chi connectivity index (χ4v) is 4.00. The molecule has 0 aromatic rings. The van der Waals surface area contributed by atoms with Gasteiger partial charge in [-0.25, -0.2) is 0 Å². The monoisotopic (exact) mass is 196 g/mol. The lowest BCUT2D eigenvalue weighted by Crippen LogP contribution is -2.59. The molecule has 0 heterocycles. The van der Waals surface area contributed by atoms with Crippen molar-refractivity contribution in [3.05, 3.63) is 0 Å². The molecule has 0 aromatic carbocycles. The molecule has 2 nitrogen and oxygen atoms in total. The molecule has 14 heavy (non-hydrogen) atoms. The third-order valence-corrected chi connectivity index (χ3v) is 4.91. The second-order valence-electron chi connectivity index (χ2n) is 5.23. The number of nitrogens with one attached hydrogen (secondary N) is 1. The van der Waals surface area contributed by atoms with E-state index in [1.165, 1.54) is 51.4 Å². The molecule has 2 saturated carbocycles. The molecule has 0 amide bonds. The Labute approximate surface area is 87.6 Å². The molecule has 2 aliphatic carbocycles. The molecule has 1 unspecified atom stereocenters. The zero-order chi connectivity index (χ0) is 10.1. The van der Waals surface area contributed by atoms with E-state index in [1.807, 2.05) is 0 Å². The van der Waals surface area contributed by atoms with E-state index in [1.54, 1.807) is 0 Å². The fraction of sp³-hybridized carbons (Fsp3) is 1.00. The van der Waals surface area contributed by atoms with Crippen molar-refractivity contribution in [1.82, 2.24) is 5.32 Å². The van der Waals surface area contributed by atoms with Crippen molar-refractivity contribution in [1.29, 1.82) is 0 Å². The molecule has 1 atom stereocenters. The molecule has 0 radical (unpaired) electrons. The van der Waals surface area contributed by atoms with Crippen LogP contribution in [0.2, 0.25) is 0 Å². The first kappa shape index (κ1) is 10.4. The third kappa shape index (κ3) is 1.31. The van der Waals surface area contributed by atoms with E-state index < -0.39 is 0 Å². The van der Waals surface area contributed by atoms with Crippen LogP contribution in [0, 0.1) is 5.41 Å². The van der Waals surface area contributed by atoms with Crippen molar-refractivity contribution in [3.8, 4) is 0 Å². The highest BCUT2D eigenvalue weighted by molar-refractivity contribution is 5.09. The minimum atomic E-state index is 0.271. The van der Waals surface area contributed by atoms with E-state index in [-0.39, 0.29) is 5.54 Å². The topological polar surface area (TPSA) is 38.0 Å². The van der Waals surface area contributed by atoms with Crippen LogP contribution in [0.4, 0.5) is 0 Å². The van der Waals surface area contributed by atoms with E-state index in [4.69, 9.17) is 5.73 Å². The molecule has 0 bridgehead atoms. The normalized spacial score (nSPS) is 36.4. The first-order chi connectivity index (χ1) is 6.79. The van der Waals surface area contributed by atoms with Crippen molar-refractivity contribution >= 4 is 0 Å². The van der Waals surface area contributed by atoms with Gasteiger partial charge in [-0.05, 0) is 38.1 Å². The third-order valence-electron chi connectivity index (χ3n) is 4.91. The second-order valence-corrected chi connectivity index (χ2v) is 5.23. The maximum absolute atomic E-state index is 6.02. The Morgan fingerprint density at radius 1 is 1.00 bits per heavy atom. The molecule has 2 fully saturated rings. The Morgan fingerprint density at radius 2 is 1.64 bits per heavy atom. The van der Waals surface area contributed by atoms with Crippen LogP contribution in [0.1, 0.15) is 51.4 Å². The molecule has 3 N–H and O–H groups in total. The Bertz CT molecular complexity index is 190. The average Bonchev–Trinajstić information content (AvgIpc) is 2.58. The van der Waals surface area contributed by atoms with Gasteiger partial charge in [0.1, 0.15) is 0 Å². The first-order valence-corrected chi connectivity index (χ1v) is 6.18. The summed E-state index contributed by atoms with van der Waals surface area (Å²) in [5.74, 6) is 0. The van der Waals surface area contributed by atoms with Gasteiger partial charge in [0, 0.05) is 12.1 Å². The van der Waals surface area contributed by atoms with Gasteiger partial charge in [0.2, 0.25) is 0 Å². The summed E-state index contributed by atoms with van der Waals surface area (Å²) in [6.45, 7) is 0.823. The highest BCUT2D eigenvalue weighted by Crippen LogP contribution is 2.54. The van der Waals surface area contributed by atoms with Gasteiger partial charge in [0.05, 0.1) is 0 Å². The molecule has 2 heteroatoms. The van der Waals surface area contributed by atoms with Gasteiger partial charge in [-0.15, -0.1) is 0 Å². The molecule has 1 spiro atoms. The number of hydrogen-bond acceptors (Lipinski definition) is 2. The van der Waals surface area contributed by atoms with E-state index in [0.29, 0.717) is 5.41 Å². The predicted molar refractivity (Wildman–Crippen MR) is 60.2 cm³/mol. The van der Waals surface area contributed by atoms with Gasteiger partial charge in [0.25, 0.3) is 0 Å². The molecule has 82 valence electrons. The van der Waals surface area contributed by atoms with Crippen molar-refractivity contribution < 1.29 is 0 Å². The van der Waals surface area contributed by atoms with Crippen LogP contribution in [0.5, 0.6) is 0 Å². The van der Waals surface area contributed by atoms with Crippen LogP contribution in [0.25, 0.3) is 0 Å². The van der Waals surface area contributed by atoms with Crippen LogP contribution in [-0.2, 0) is 0 Å². The highest BCUT2D eigenvalue weighted by Gasteiger charge is 2.52. The zero-order valence-electron chi connectivity index (χ0n) is 9.44. The maximum Gasteiger partial charge on any atom is 0.0358 e. The molecule has 0 aliphatic heterocycles. The van der Waals surface area contributed by atoms with Gasteiger partial charge in [-0.2, -0.15) is 0 Å². The van der Waals surface area contributed by atoms with Crippen LogP contribution < -0.4 is 11.1 Å². The van der Waals surface area contributed by atoms with E-state index >= 15 is 0 Å². The van der Waals surface area contributed by atoms with Gasteiger partial charge in [-0.1, -0.05) is 25.7 Å². The Balaban J connectivity index is 2.22. The van der Waals surface area contributed by atoms with Gasteiger partial charge in [-0.3, -0.25) is 0 Å². The number of hydrogen-bond donors (Lipinski definition) is 2. The Kier molecular flexibility index (Phi) is 2.85. The number of rotatable bonds is 2. The van der Waals surface area contributed by atoms with Crippen LogP contribution in [-0.4, -0.2) is 19.1 Å². The summed E-state index contributed by atoms with van der Waals surface area (Å²) in [4.78, 5) is 0. The van der Waals surface area contributed by atoms with E-state index in [2.05, 4.69) is 12.4 Å². The van der Waals surface area contributed by atoms with Crippen molar-refractivity contribution in [2.45, 2.75) is 56.9 Å². The Hall–Kier alpha value is -0.0800. The summed E-state index contributed by atoms with van der Waals surface area (Å²) in [5, 5.41) is 3.56. The van der Waals surface area contributed by atoms with Crippen molar-refractivity contribution in [2.24, 2.45) is 11.1 Å². The zero-order valence-corrected chi connectivity index (χ0v) is 9.44. The van der Waals surface area contributed by atoms with Crippen LogP contribution in [0.3, 0.4) is 0 Å². The average molecular weight is 196 g/mol. The van der Waals surface area contributed by atoms with Crippen LogP contribution >= 0.6 is 0 Å². The largest absolute Gasteiger partial charge is 0.329 e. The van der Waals surface area contributed by atoms with E-state index in [0.717, 1.165) is 6.54 Å². The molecule has 2 rings (SSSR count). The minimum absolute atomic E-state index is 0.271. The molecule has 2 aliphatic rings. The SMILES string of the molecule is CNC1(CN)CCCC12CCCCC2. The fourth-order valence-electron chi connectivity index (χ4n) is 4.00. The van der Waals surface area contributed by atoms with Crippen LogP contribution in [0.15, 0.2) is 0 Å². The minimum Gasteiger partial charge on any atom is -0.329 e. The molecule has 0 saturated heterocycles. The molecular formula is C12H24N2. The lowest BCUT2D eigenvalue weighted by molar-refractivity contribution is 0.0797. The van der Waals surface area contributed by atoms with Gasteiger partial charge in [0.15, 0.2) is 0 Å². The lowest BCUT2D eigenvalue weighted by atomic mass is 9.63. The smallest absolute Gasteiger partial charge is 0.0358 e. The predicted octanol–water partition coefficient (Wildman–Crippen LogP) is 2.04. The van der Waals surface area contributed by atoms with Gasteiger partial charge >= 0.3 is 0 Å². The maximum atomic E-state index is 6.02. The summed E-state index contributed by atoms with van der Waals surface area (Å²) in [6, 6.07) is 0.